The van der Waals surface area contributed by atoms with E-state index in [0.29, 0.717) is 24.5 Å². The molecular formula is C14H20N2O3. The van der Waals surface area contributed by atoms with E-state index in [2.05, 4.69) is 5.32 Å². The van der Waals surface area contributed by atoms with Crippen molar-refractivity contribution < 1.29 is 14.6 Å². The molecule has 19 heavy (non-hydrogen) atoms. The number of hydrogen-bond donors (Lipinski definition) is 2. The van der Waals surface area contributed by atoms with Crippen LogP contribution in [-0.2, 0) is 4.74 Å². The van der Waals surface area contributed by atoms with Gasteiger partial charge in [0, 0.05) is 19.7 Å². The maximum Gasteiger partial charge on any atom is 0.119 e. The number of rotatable bonds is 8. The summed E-state index contributed by atoms with van der Waals surface area (Å²) in [6, 6.07) is 9.02. The van der Waals surface area contributed by atoms with Gasteiger partial charge in [-0.15, -0.1) is 0 Å². The molecule has 2 N–H and O–H groups in total. The van der Waals surface area contributed by atoms with Crippen LogP contribution < -0.4 is 10.1 Å². The number of aliphatic hydroxyl groups is 1. The Bertz CT molecular complexity index is 400. The van der Waals surface area contributed by atoms with Gasteiger partial charge in [-0.3, -0.25) is 0 Å². The van der Waals surface area contributed by atoms with Gasteiger partial charge in [0.15, 0.2) is 0 Å². The lowest BCUT2D eigenvalue weighted by Gasteiger charge is -2.17. The second-order valence-electron chi connectivity index (χ2n) is 4.37. The number of aliphatic hydroxyl groups excluding tert-OH is 1. The van der Waals surface area contributed by atoms with Gasteiger partial charge in [0.25, 0.3) is 0 Å². The average molecular weight is 264 g/mol. The zero-order chi connectivity index (χ0) is 14.1. The van der Waals surface area contributed by atoms with Crippen LogP contribution in [0.5, 0.6) is 5.75 Å². The first kappa shape index (κ1) is 15.4. The number of nitrogens with zero attached hydrogens (tertiary/aromatic N) is 1. The topological polar surface area (TPSA) is 74.5 Å². The molecule has 1 aromatic rings. The van der Waals surface area contributed by atoms with Crippen molar-refractivity contribution in [2.24, 2.45) is 0 Å². The van der Waals surface area contributed by atoms with Gasteiger partial charge in [0.05, 0.1) is 18.2 Å². The summed E-state index contributed by atoms with van der Waals surface area (Å²) in [7, 11) is 1.64. The summed E-state index contributed by atoms with van der Waals surface area (Å²) in [4.78, 5) is 0. The Morgan fingerprint density at radius 3 is 2.58 bits per heavy atom. The first-order valence-corrected chi connectivity index (χ1v) is 6.19. The Morgan fingerprint density at radius 1 is 1.32 bits per heavy atom. The highest BCUT2D eigenvalue weighted by molar-refractivity contribution is 5.34. The second kappa shape index (κ2) is 8.48. The third-order valence-corrected chi connectivity index (χ3v) is 2.54. The van der Waals surface area contributed by atoms with E-state index in [0.717, 1.165) is 0 Å². The molecule has 0 aliphatic rings. The Balaban J connectivity index is 2.25. The van der Waals surface area contributed by atoms with Crippen molar-refractivity contribution in [3.05, 3.63) is 29.8 Å². The summed E-state index contributed by atoms with van der Waals surface area (Å²) in [5.41, 5.74) is 0.586. The molecular weight excluding hydrogens is 244 g/mol. The largest absolute Gasteiger partial charge is 0.491 e. The Kier molecular flexibility index (Phi) is 6.90. The molecule has 2 atom stereocenters. The average Bonchev–Trinajstić information content (AvgIpc) is 2.44. The molecule has 0 saturated heterocycles. The SMILES string of the molecule is COC[C@@H](C)NC[C@@H](O)COc1ccc(C#N)cc1. The van der Waals surface area contributed by atoms with E-state index in [9.17, 15) is 5.11 Å². The molecule has 0 aliphatic heterocycles. The smallest absolute Gasteiger partial charge is 0.119 e. The number of methoxy groups -OCH3 is 1. The van der Waals surface area contributed by atoms with E-state index in [1.807, 2.05) is 13.0 Å². The van der Waals surface area contributed by atoms with Crippen LogP contribution in [0.1, 0.15) is 12.5 Å². The third kappa shape index (κ3) is 6.20. The Labute approximate surface area is 113 Å². The summed E-state index contributed by atoms with van der Waals surface area (Å²) in [5, 5.41) is 21.6. The standard InChI is InChI=1S/C14H20N2O3/c1-11(9-18-2)16-8-13(17)10-19-14-5-3-12(7-15)4-6-14/h3-6,11,13,16-17H,8-10H2,1-2H3/t11-,13-/m1/s1. The van der Waals surface area contributed by atoms with Crippen molar-refractivity contribution in [1.29, 1.82) is 5.26 Å². The Hall–Kier alpha value is -1.61. The van der Waals surface area contributed by atoms with Crippen molar-refractivity contribution in [3.8, 4) is 11.8 Å². The fourth-order valence-corrected chi connectivity index (χ4v) is 1.52. The van der Waals surface area contributed by atoms with E-state index in [-0.39, 0.29) is 12.6 Å². The van der Waals surface area contributed by atoms with E-state index in [1.165, 1.54) is 0 Å². The first-order valence-electron chi connectivity index (χ1n) is 6.19. The number of ether oxygens (including phenoxy) is 2. The molecule has 0 saturated carbocycles. The highest BCUT2D eigenvalue weighted by atomic mass is 16.5. The van der Waals surface area contributed by atoms with Crippen molar-refractivity contribution >= 4 is 0 Å². The maximum atomic E-state index is 9.75. The molecule has 0 heterocycles. The monoisotopic (exact) mass is 264 g/mol. The predicted molar refractivity (Wildman–Crippen MR) is 72.0 cm³/mol. The van der Waals surface area contributed by atoms with Crippen LogP contribution in [0.3, 0.4) is 0 Å². The van der Waals surface area contributed by atoms with E-state index in [4.69, 9.17) is 14.7 Å². The first-order chi connectivity index (χ1) is 9.15. The Morgan fingerprint density at radius 2 is 2.00 bits per heavy atom. The third-order valence-electron chi connectivity index (χ3n) is 2.54. The minimum atomic E-state index is -0.588. The summed E-state index contributed by atoms with van der Waals surface area (Å²) in [5.74, 6) is 0.642. The van der Waals surface area contributed by atoms with Gasteiger partial charge in [-0.2, -0.15) is 5.26 Å². The number of benzene rings is 1. The van der Waals surface area contributed by atoms with Gasteiger partial charge in [0.2, 0.25) is 0 Å². The second-order valence-corrected chi connectivity index (χ2v) is 4.37. The van der Waals surface area contributed by atoms with Crippen molar-refractivity contribution in [2.75, 3.05) is 26.9 Å². The zero-order valence-electron chi connectivity index (χ0n) is 11.3. The molecule has 5 nitrogen and oxygen atoms in total. The number of nitriles is 1. The van der Waals surface area contributed by atoms with Crippen LogP contribution in [0.4, 0.5) is 0 Å². The molecule has 1 aromatic carbocycles. The van der Waals surface area contributed by atoms with Crippen molar-refractivity contribution in [3.63, 3.8) is 0 Å². The van der Waals surface area contributed by atoms with Crippen LogP contribution in [0.25, 0.3) is 0 Å². The minimum Gasteiger partial charge on any atom is -0.491 e. The van der Waals surface area contributed by atoms with Gasteiger partial charge >= 0.3 is 0 Å². The van der Waals surface area contributed by atoms with Gasteiger partial charge in [0.1, 0.15) is 18.5 Å². The fourth-order valence-electron chi connectivity index (χ4n) is 1.52. The molecule has 0 radical (unpaired) electrons. The molecule has 0 unspecified atom stereocenters. The quantitative estimate of drug-likeness (QED) is 0.730. The van der Waals surface area contributed by atoms with Gasteiger partial charge in [-0.1, -0.05) is 0 Å². The van der Waals surface area contributed by atoms with Crippen LogP contribution in [0, 0.1) is 11.3 Å². The summed E-state index contributed by atoms with van der Waals surface area (Å²) in [6.45, 7) is 3.24. The van der Waals surface area contributed by atoms with Crippen LogP contribution in [0.2, 0.25) is 0 Å². The number of hydrogen-bond acceptors (Lipinski definition) is 5. The van der Waals surface area contributed by atoms with Crippen LogP contribution in [-0.4, -0.2) is 44.1 Å². The fraction of sp³-hybridized carbons (Fsp3) is 0.500. The van der Waals surface area contributed by atoms with Gasteiger partial charge in [-0.25, -0.2) is 0 Å². The van der Waals surface area contributed by atoms with Crippen LogP contribution >= 0.6 is 0 Å². The molecule has 0 aliphatic carbocycles. The molecule has 5 heteroatoms. The lowest BCUT2D eigenvalue weighted by atomic mass is 10.2. The summed E-state index contributed by atoms with van der Waals surface area (Å²) < 4.78 is 10.4. The summed E-state index contributed by atoms with van der Waals surface area (Å²) in [6.07, 6.45) is -0.588. The van der Waals surface area contributed by atoms with Crippen molar-refractivity contribution in [1.82, 2.24) is 5.32 Å². The maximum absolute atomic E-state index is 9.75. The molecule has 104 valence electrons. The number of nitrogens with one attached hydrogen (secondary N) is 1. The normalized spacial score (nSPS) is 13.6. The molecule has 0 fully saturated rings. The highest BCUT2D eigenvalue weighted by Gasteiger charge is 2.07. The van der Waals surface area contributed by atoms with E-state index < -0.39 is 6.10 Å². The molecule has 0 spiro atoms. The molecule has 0 aromatic heterocycles. The molecule has 1 rings (SSSR count). The van der Waals surface area contributed by atoms with Gasteiger partial charge in [-0.05, 0) is 31.2 Å². The summed E-state index contributed by atoms with van der Waals surface area (Å²) >= 11 is 0. The molecule has 0 amide bonds. The lowest BCUT2D eigenvalue weighted by molar-refractivity contribution is 0.0973. The molecule has 0 bridgehead atoms. The van der Waals surface area contributed by atoms with E-state index in [1.54, 1.807) is 31.4 Å². The highest BCUT2D eigenvalue weighted by Crippen LogP contribution is 2.11. The predicted octanol–water partition coefficient (Wildman–Crippen LogP) is 0.922. The lowest BCUT2D eigenvalue weighted by Crippen LogP contribution is -2.38. The van der Waals surface area contributed by atoms with Crippen LogP contribution in [0.15, 0.2) is 24.3 Å². The van der Waals surface area contributed by atoms with E-state index >= 15 is 0 Å². The minimum absolute atomic E-state index is 0.189. The zero-order valence-corrected chi connectivity index (χ0v) is 11.3. The van der Waals surface area contributed by atoms with Crippen molar-refractivity contribution in [2.45, 2.75) is 19.1 Å². The van der Waals surface area contributed by atoms with Gasteiger partial charge < -0.3 is 19.9 Å².